The Balaban J connectivity index is 2.16. The molecule has 0 bridgehead atoms. The van der Waals surface area contributed by atoms with E-state index in [1.54, 1.807) is 12.3 Å². The van der Waals surface area contributed by atoms with Gasteiger partial charge >= 0.3 is 5.97 Å². The maximum absolute atomic E-state index is 11.2. The van der Waals surface area contributed by atoms with Crippen LogP contribution in [-0.2, 0) is 4.74 Å². The zero-order valence-electron chi connectivity index (χ0n) is 9.64. The lowest BCUT2D eigenvalue weighted by Crippen LogP contribution is -2.17. The number of likely N-dealkylation sites (tertiary alicyclic amines) is 1. The van der Waals surface area contributed by atoms with Crippen LogP contribution in [0.3, 0.4) is 0 Å². The first-order chi connectivity index (χ1) is 7.72. The number of esters is 1. The highest BCUT2D eigenvalue weighted by Gasteiger charge is 2.22. The van der Waals surface area contributed by atoms with Crippen LogP contribution in [-0.4, -0.2) is 36.6 Å². The molecule has 2 heterocycles. The fraction of sp³-hybridized carbons (Fsp3) is 0.500. The van der Waals surface area contributed by atoms with E-state index in [0.717, 1.165) is 13.0 Å². The average Bonchev–Trinajstić information content (AvgIpc) is 2.75. The molecule has 1 unspecified atom stereocenters. The van der Waals surface area contributed by atoms with E-state index in [-0.39, 0.29) is 5.97 Å². The zero-order valence-corrected chi connectivity index (χ0v) is 9.64. The standard InChI is InChI=1S/C12H16N2O2/c1-14-7-3-4-11(14)9-5-6-10(13-8-9)12(15)16-2/h5-6,8,11H,3-4,7H2,1-2H3. The van der Waals surface area contributed by atoms with Gasteiger partial charge in [-0.2, -0.15) is 0 Å². The van der Waals surface area contributed by atoms with Crippen LogP contribution in [0.25, 0.3) is 0 Å². The molecule has 1 aromatic rings. The molecule has 0 radical (unpaired) electrons. The molecular formula is C12H16N2O2. The molecule has 1 aliphatic heterocycles. The Bertz CT molecular complexity index is 375. The molecule has 0 N–H and O–H groups in total. The lowest BCUT2D eigenvalue weighted by molar-refractivity contribution is 0.0594. The van der Waals surface area contributed by atoms with Crippen molar-refractivity contribution in [2.75, 3.05) is 20.7 Å². The maximum atomic E-state index is 11.2. The van der Waals surface area contributed by atoms with E-state index in [1.165, 1.54) is 19.1 Å². The second kappa shape index (κ2) is 4.61. The fourth-order valence-corrected chi connectivity index (χ4v) is 2.16. The van der Waals surface area contributed by atoms with Crippen molar-refractivity contribution in [3.63, 3.8) is 0 Å². The summed E-state index contributed by atoms with van der Waals surface area (Å²) in [5.74, 6) is -0.383. The highest BCUT2D eigenvalue weighted by Crippen LogP contribution is 2.29. The number of pyridine rings is 1. The minimum atomic E-state index is -0.383. The van der Waals surface area contributed by atoms with Gasteiger partial charge in [-0.15, -0.1) is 0 Å². The highest BCUT2D eigenvalue weighted by atomic mass is 16.5. The van der Waals surface area contributed by atoms with Gasteiger partial charge in [0.15, 0.2) is 0 Å². The van der Waals surface area contributed by atoms with Gasteiger partial charge in [-0.1, -0.05) is 6.07 Å². The van der Waals surface area contributed by atoms with Crippen molar-refractivity contribution in [3.05, 3.63) is 29.6 Å². The van der Waals surface area contributed by atoms with Crippen molar-refractivity contribution in [2.24, 2.45) is 0 Å². The summed E-state index contributed by atoms with van der Waals surface area (Å²) in [7, 11) is 3.48. The quantitative estimate of drug-likeness (QED) is 0.710. The Labute approximate surface area is 95.2 Å². The Morgan fingerprint density at radius 2 is 2.38 bits per heavy atom. The van der Waals surface area contributed by atoms with Crippen molar-refractivity contribution in [1.29, 1.82) is 0 Å². The summed E-state index contributed by atoms with van der Waals surface area (Å²) in [5.41, 5.74) is 1.54. The summed E-state index contributed by atoms with van der Waals surface area (Å²) in [6, 6.07) is 4.14. The van der Waals surface area contributed by atoms with Crippen LogP contribution >= 0.6 is 0 Å². The number of ether oxygens (including phenoxy) is 1. The summed E-state index contributed by atoms with van der Waals surface area (Å²) in [6.45, 7) is 1.13. The average molecular weight is 220 g/mol. The number of aromatic nitrogens is 1. The Morgan fingerprint density at radius 3 is 2.88 bits per heavy atom. The van der Waals surface area contributed by atoms with Crippen LogP contribution in [0, 0.1) is 0 Å². The van der Waals surface area contributed by atoms with E-state index in [0.29, 0.717) is 11.7 Å². The number of carbonyl (C=O) groups excluding carboxylic acids is 1. The normalized spacial score (nSPS) is 21.0. The minimum absolute atomic E-state index is 0.368. The first kappa shape index (κ1) is 11.1. The van der Waals surface area contributed by atoms with Crippen LogP contribution in [0.2, 0.25) is 0 Å². The van der Waals surface area contributed by atoms with E-state index < -0.39 is 0 Å². The van der Waals surface area contributed by atoms with E-state index in [4.69, 9.17) is 0 Å². The van der Waals surface area contributed by atoms with Gasteiger partial charge < -0.3 is 4.74 Å². The number of nitrogens with zero attached hydrogens (tertiary/aromatic N) is 2. The zero-order chi connectivity index (χ0) is 11.5. The molecule has 1 fully saturated rings. The molecule has 16 heavy (non-hydrogen) atoms. The molecule has 0 spiro atoms. The number of methoxy groups -OCH3 is 1. The smallest absolute Gasteiger partial charge is 0.356 e. The Hall–Kier alpha value is -1.42. The van der Waals surface area contributed by atoms with E-state index in [2.05, 4.69) is 21.7 Å². The van der Waals surface area contributed by atoms with Crippen molar-refractivity contribution in [1.82, 2.24) is 9.88 Å². The molecule has 0 aromatic carbocycles. The summed E-state index contributed by atoms with van der Waals surface area (Å²) < 4.78 is 4.61. The predicted octanol–water partition coefficient (Wildman–Crippen LogP) is 1.63. The van der Waals surface area contributed by atoms with E-state index in [1.807, 2.05) is 6.07 Å². The second-order valence-electron chi connectivity index (χ2n) is 4.11. The summed E-state index contributed by atoms with van der Waals surface area (Å²) in [5, 5.41) is 0. The van der Waals surface area contributed by atoms with Crippen molar-refractivity contribution in [3.8, 4) is 0 Å². The molecule has 1 aromatic heterocycles. The monoisotopic (exact) mass is 220 g/mol. The van der Waals surface area contributed by atoms with Gasteiger partial charge in [-0.05, 0) is 38.1 Å². The maximum Gasteiger partial charge on any atom is 0.356 e. The number of carbonyl (C=O) groups is 1. The third-order valence-electron chi connectivity index (χ3n) is 3.09. The first-order valence-electron chi connectivity index (χ1n) is 5.47. The molecule has 0 aliphatic carbocycles. The van der Waals surface area contributed by atoms with Gasteiger partial charge in [-0.25, -0.2) is 9.78 Å². The van der Waals surface area contributed by atoms with Crippen LogP contribution in [0.4, 0.5) is 0 Å². The van der Waals surface area contributed by atoms with Crippen LogP contribution in [0.15, 0.2) is 18.3 Å². The second-order valence-corrected chi connectivity index (χ2v) is 4.11. The minimum Gasteiger partial charge on any atom is -0.464 e. The third-order valence-corrected chi connectivity index (χ3v) is 3.09. The molecule has 4 heteroatoms. The summed E-state index contributed by atoms with van der Waals surface area (Å²) in [6.07, 6.45) is 4.16. The van der Waals surface area contributed by atoms with Crippen LogP contribution in [0.1, 0.15) is 34.9 Å². The predicted molar refractivity (Wildman–Crippen MR) is 60.2 cm³/mol. The van der Waals surface area contributed by atoms with Gasteiger partial charge in [-0.3, -0.25) is 4.90 Å². The molecule has 0 amide bonds. The number of rotatable bonds is 2. The Kier molecular flexibility index (Phi) is 3.19. The van der Waals surface area contributed by atoms with Gasteiger partial charge in [0.25, 0.3) is 0 Å². The van der Waals surface area contributed by atoms with E-state index >= 15 is 0 Å². The number of hydrogen-bond donors (Lipinski definition) is 0. The topological polar surface area (TPSA) is 42.4 Å². The van der Waals surface area contributed by atoms with Gasteiger partial charge in [0, 0.05) is 12.2 Å². The molecule has 1 aliphatic rings. The fourth-order valence-electron chi connectivity index (χ4n) is 2.16. The Morgan fingerprint density at radius 1 is 1.56 bits per heavy atom. The SMILES string of the molecule is COC(=O)c1ccc(C2CCCN2C)cn1. The molecule has 1 saturated heterocycles. The van der Waals surface area contributed by atoms with Gasteiger partial charge in [0.1, 0.15) is 5.69 Å². The molecule has 4 nitrogen and oxygen atoms in total. The summed E-state index contributed by atoms with van der Waals surface area (Å²) >= 11 is 0. The molecule has 86 valence electrons. The van der Waals surface area contributed by atoms with E-state index in [9.17, 15) is 4.79 Å². The first-order valence-corrected chi connectivity index (χ1v) is 5.47. The lowest BCUT2D eigenvalue weighted by atomic mass is 10.1. The largest absolute Gasteiger partial charge is 0.464 e. The van der Waals surface area contributed by atoms with Gasteiger partial charge in [0.05, 0.1) is 7.11 Å². The molecule has 1 atom stereocenters. The van der Waals surface area contributed by atoms with Crippen molar-refractivity contribution in [2.45, 2.75) is 18.9 Å². The number of hydrogen-bond acceptors (Lipinski definition) is 4. The molecule has 2 rings (SSSR count). The summed E-state index contributed by atoms with van der Waals surface area (Å²) in [4.78, 5) is 17.7. The van der Waals surface area contributed by atoms with Gasteiger partial charge in [0.2, 0.25) is 0 Å². The van der Waals surface area contributed by atoms with Crippen molar-refractivity contribution < 1.29 is 9.53 Å². The lowest BCUT2D eigenvalue weighted by Gasteiger charge is -2.19. The molecular weight excluding hydrogens is 204 g/mol. The molecule has 0 saturated carbocycles. The third kappa shape index (κ3) is 2.07. The highest BCUT2D eigenvalue weighted by molar-refractivity contribution is 5.86. The van der Waals surface area contributed by atoms with Crippen LogP contribution in [0.5, 0.6) is 0 Å². The van der Waals surface area contributed by atoms with Crippen LogP contribution < -0.4 is 0 Å². The van der Waals surface area contributed by atoms with Crippen molar-refractivity contribution >= 4 is 5.97 Å².